The first kappa shape index (κ1) is 26.9. The molecule has 0 aliphatic heterocycles. The van der Waals surface area contributed by atoms with Crippen LogP contribution in [0.4, 0.5) is 11.4 Å². The molecule has 0 saturated carbocycles. The molecule has 0 radical (unpaired) electrons. The molecule has 2 aromatic carbocycles. The van der Waals surface area contributed by atoms with Gasteiger partial charge in [0.1, 0.15) is 12.1 Å². The van der Waals surface area contributed by atoms with Crippen LogP contribution in [0, 0.1) is 22.7 Å². The molecule has 1 aromatic heterocycles. The van der Waals surface area contributed by atoms with E-state index in [1.165, 1.54) is 12.1 Å². The van der Waals surface area contributed by atoms with Gasteiger partial charge in [-0.2, -0.15) is 10.5 Å². The van der Waals surface area contributed by atoms with Gasteiger partial charge in [0.15, 0.2) is 11.4 Å². The Morgan fingerprint density at radius 3 is 2.24 bits per heavy atom. The number of carbonyl (C=O) groups excluding carboxylic acids is 1. The highest BCUT2D eigenvalue weighted by Gasteiger charge is 2.23. The third-order valence-electron chi connectivity index (χ3n) is 4.83. The second-order valence-electron chi connectivity index (χ2n) is 7.11. The number of carboxylic acids is 2. The number of nitrogens with one attached hydrogen (secondary N) is 2. The molecule has 0 spiro atoms. The molecule has 0 atom stereocenters. The van der Waals surface area contributed by atoms with Gasteiger partial charge in [0.05, 0.1) is 34.4 Å². The van der Waals surface area contributed by atoms with Gasteiger partial charge in [0.25, 0.3) is 10.0 Å². The number of carbonyl (C=O) groups is 2. The Balaban J connectivity index is 1.99. The molecule has 0 unspecified atom stereocenters. The SMILES string of the molecule is N#Cc1nc(CBr)c(CNc2cccc(S(=O)(=O)Nc3ccc(C(=O)O)cc3[O-])c2C(=O)[O-])nc1C#N. The molecule has 0 amide bonds. The van der Waals surface area contributed by atoms with E-state index in [4.69, 9.17) is 10.4 Å². The maximum Gasteiger partial charge on any atom is 0.335 e. The molecule has 3 aromatic rings. The first-order valence-corrected chi connectivity index (χ1v) is 12.5. The number of anilines is 2. The molecular formula is C22H13BrN6O7S-2. The molecule has 0 saturated heterocycles. The number of aromatic nitrogens is 2. The number of halogens is 1. The van der Waals surface area contributed by atoms with E-state index >= 15 is 0 Å². The van der Waals surface area contributed by atoms with Crippen molar-refractivity contribution in [2.24, 2.45) is 0 Å². The van der Waals surface area contributed by atoms with Crippen LogP contribution in [0.3, 0.4) is 0 Å². The van der Waals surface area contributed by atoms with Crippen molar-refractivity contribution in [1.29, 1.82) is 10.5 Å². The molecule has 188 valence electrons. The van der Waals surface area contributed by atoms with Crippen LogP contribution >= 0.6 is 15.9 Å². The lowest BCUT2D eigenvalue weighted by Gasteiger charge is -2.20. The molecule has 0 aliphatic rings. The summed E-state index contributed by atoms with van der Waals surface area (Å²) in [6.07, 6.45) is 0. The van der Waals surface area contributed by atoms with E-state index < -0.39 is 43.9 Å². The number of benzene rings is 2. The summed E-state index contributed by atoms with van der Waals surface area (Å²) in [4.78, 5) is 30.3. The van der Waals surface area contributed by atoms with Crippen molar-refractivity contribution >= 4 is 49.3 Å². The minimum atomic E-state index is -4.66. The van der Waals surface area contributed by atoms with Crippen LogP contribution in [0.1, 0.15) is 43.5 Å². The average Bonchev–Trinajstić information content (AvgIpc) is 2.87. The van der Waals surface area contributed by atoms with E-state index in [0.717, 1.165) is 18.2 Å². The summed E-state index contributed by atoms with van der Waals surface area (Å²) >= 11 is 3.20. The summed E-state index contributed by atoms with van der Waals surface area (Å²) in [5.41, 5.74) is -1.75. The van der Waals surface area contributed by atoms with E-state index in [9.17, 15) is 33.5 Å². The number of nitrogens with zero attached hydrogens (tertiary/aromatic N) is 4. The Morgan fingerprint density at radius 2 is 1.70 bits per heavy atom. The number of alkyl halides is 1. The number of hydrogen-bond donors (Lipinski definition) is 3. The molecule has 37 heavy (non-hydrogen) atoms. The second-order valence-corrected chi connectivity index (χ2v) is 9.32. The maximum atomic E-state index is 13.0. The van der Waals surface area contributed by atoms with Gasteiger partial charge >= 0.3 is 5.97 Å². The fourth-order valence-electron chi connectivity index (χ4n) is 3.14. The summed E-state index contributed by atoms with van der Waals surface area (Å²) in [5.74, 6) is -4.18. The molecule has 0 bridgehead atoms. The molecule has 13 nitrogen and oxygen atoms in total. The predicted molar refractivity (Wildman–Crippen MR) is 126 cm³/mol. The largest absolute Gasteiger partial charge is 0.871 e. The zero-order chi connectivity index (χ0) is 27.3. The first-order chi connectivity index (χ1) is 17.5. The highest BCUT2D eigenvalue weighted by Crippen LogP contribution is 2.29. The lowest BCUT2D eigenvalue weighted by atomic mass is 10.1. The van der Waals surface area contributed by atoms with Gasteiger partial charge in [-0.15, -0.1) is 0 Å². The zero-order valence-corrected chi connectivity index (χ0v) is 20.8. The number of hydrogen-bond acceptors (Lipinski definition) is 11. The normalized spacial score (nSPS) is 10.7. The third-order valence-corrected chi connectivity index (χ3v) is 6.77. The van der Waals surface area contributed by atoms with E-state index in [1.54, 1.807) is 12.1 Å². The van der Waals surface area contributed by atoms with E-state index in [1.807, 2.05) is 4.72 Å². The Labute approximate surface area is 217 Å². The molecule has 0 aliphatic carbocycles. The quantitative estimate of drug-likeness (QED) is 0.294. The van der Waals surface area contributed by atoms with Crippen molar-refractivity contribution in [2.75, 3.05) is 10.0 Å². The van der Waals surface area contributed by atoms with Crippen LogP contribution in [0.15, 0.2) is 41.3 Å². The number of aromatic carboxylic acids is 2. The number of nitriles is 2. The summed E-state index contributed by atoms with van der Waals surface area (Å²) in [6, 6.07) is 9.66. The van der Waals surface area contributed by atoms with Crippen molar-refractivity contribution in [1.82, 2.24) is 9.97 Å². The van der Waals surface area contributed by atoms with E-state index in [-0.39, 0.29) is 45.9 Å². The zero-order valence-electron chi connectivity index (χ0n) is 18.4. The van der Waals surface area contributed by atoms with Gasteiger partial charge in [-0.25, -0.2) is 23.2 Å². The summed E-state index contributed by atoms with van der Waals surface area (Å²) in [6.45, 7) is -0.201. The lowest BCUT2D eigenvalue weighted by molar-refractivity contribution is -0.267. The smallest absolute Gasteiger partial charge is 0.335 e. The average molecular weight is 585 g/mol. The number of carboxylic acid groups (broad SMARTS) is 2. The standard InChI is InChI=1S/C22H15BrN6O7S/c23-7-14-17(28-16(9-25)15(8-24)27-14)10-26-13-2-1-3-19(20(13)22(33)34)37(35,36)29-12-5-4-11(21(31)32)6-18(12)30/h1-6,26,29-30H,7,10H2,(H,31,32)(H,33,34)/p-2. The van der Waals surface area contributed by atoms with Gasteiger partial charge in [0, 0.05) is 22.3 Å². The monoisotopic (exact) mass is 584 g/mol. The molecule has 1 heterocycles. The van der Waals surface area contributed by atoms with E-state index in [2.05, 4.69) is 31.2 Å². The maximum absolute atomic E-state index is 13.0. The minimum Gasteiger partial charge on any atom is -0.871 e. The van der Waals surface area contributed by atoms with Crippen LogP contribution in [0.2, 0.25) is 0 Å². The highest BCUT2D eigenvalue weighted by atomic mass is 79.9. The van der Waals surface area contributed by atoms with Crippen molar-refractivity contribution in [3.05, 3.63) is 70.3 Å². The molecule has 0 fully saturated rings. The Morgan fingerprint density at radius 1 is 1.05 bits per heavy atom. The highest BCUT2D eigenvalue weighted by molar-refractivity contribution is 9.08. The fraction of sp³-hybridized carbons (Fsp3) is 0.0909. The Hall–Kier alpha value is -4.73. The minimum absolute atomic E-state index is 0.154. The predicted octanol–water partition coefficient (Wildman–Crippen LogP) is 0.663. The number of rotatable bonds is 9. The van der Waals surface area contributed by atoms with Gasteiger partial charge in [-0.05, 0) is 24.3 Å². The third kappa shape index (κ3) is 5.75. The molecular weight excluding hydrogens is 572 g/mol. The van der Waals surface area contributed by atoms with Gasteiger partial charge in [0.2, 0.25) is 0 Å². The Kier molecular flexibility index (Phi) is 7.91. The van der Waals surface area contributed by atoms with Crippen molar-refractivity contribution < 1.29 is 33.3 Å². The molecule has 3 rings (SSSR count). The van der Waals surface area contributed by atoms with Gasteiger partial charge < -0.3 is 25.4 Å². The molecule has 3 N–H and O–H groups in total. The topological polar surface area (TPSA) is 232 Å². The first-order valence-electron chi connectivity index (χ1n) is 9.93. The van der Waals surface area contributed by atoms with Crippen LogP contribution in [0.5, 0.6) is 5.75 Å². The molecule has 15 heteroatoms. The summed E-state index contributed by atoms with van der Waals surface area (Å²) < 4.78 is 28.0. The lowest BCUT2D eigenvalue weighted by Crippen LogP contribution is -2.28. The van der Waals surface area contributed by atoms with Crippen LogP contribution in [-0.4, -0.2) is 35.4 Å². The summed E-state index contributed by atoms with van der Waals surface area (Å²) in [5, 5.41) is 54.3. The fourth-order valence-corrected chi connectivity index (χ4v) is 4.88. The van der Waals surface area contributed by atoms with Crippen LogP contribution in [0.25, 0.3) is 0 Å². The van der Waals surface area contributed by atoms with Crippen molar-refractivity contribution in [3.8, 4) is 17.9 Å². The van der Waals surface area contributed by atoms with Crippen LogP contribution in [-0.2, 0) is 21.9 Å². The van der Waals surface area contributed by atoms with Crippen molar-refractivity contribution in [2.45, 2.75) is 16.8 Å². The number of sulfonamides is 1. The second kappa shape index (κ2) is 10.9. The van der Waals surface area contributed by atoms with Crippen molar-refractivity contribution in [3.63, 3.8) is 0 Å². The van der Waals surface area contributed by atoms with Gasteiger partial charge in [-0.3, -0.25) is 4.72 Å². The van der Waals surface area contributed by atoms with E-state index in [0.29, 0.717) is 6.07 Å². The van der Waals surface area contributed by atoms with Gasteiger partial charge in [-0.1, -0.05) is 33.8 Å². The summed E-state index contributed by atoms with van der Waals surface area (Å²) in [7, 11) is -4.66. The van der Waals surface area contributed by atoms with Crippen LogP contribution < -0.4 is 20.3 Å². The Bertz CT molecular complexity index is 1610.